The van der Waals surface area contributed by atoms with E-state index in [0.29, 0.717) is 0 Å². The van der Waals surface area contributed by atoms with E-state index in [1.807, 2.05) is 0 Å². The van der Waals surface area contributed by atoms with Gasteiger partial charge in [0.25, 0.3) is 0 Å². The van der Waals surface area contributed by atoms with Crippen LogP contribution in [0.1, 0.15) is 1.43 Å². The van der Waals surface area contributed by atoms with E-state index in [2.05, 4.69) is 4.52 Å². The second-order valence-electron chi connectivity index (χ2n) is 0.692. The molecule has 0 aliphatic heterocycles. The summed E-state index contributed by atoms with van der Waals surface area (Å²) in [5, 5.41) is 0. The molecule has 0 fully saturated rings. The predicted octanol–water partition coefficient (Wildman–Crippen LogP) is -3.63. The molecule has 0 bridgehead atoms. The Hall–Kier alpha value is 0.620. The van der Waals surface area contributed by atoms with Crippen LogP contribution in [0.4, 0.5) is 0 Å². The van der Waals surface area contributed by atoms with Crippen LogP contribution in [0.5, 0.6) is 0 Å². The van der Waals surface area contributed by atoms with Gasteiger partial charge in [0.1, 0.15) is 0 Å². The standard InChI is InChI=1S/CH3O5P.Na.H/c2-1-6-7(3,4)5;;/h1H,(H2,3,4,5);;/q;+1;-1. The van der Waals surface area contributed by atoms with E-state index in [4.69, 9.17) is 14.6 Å². The molecule has 0 atom stereocenters. The number of phosphoric ester groups is 1. The summed E-state index contributed by atoms with van der Waals surface area (Å²) < 4.78 is 12.7. The summed E-state index contributed by atoms with van der Waals surface area (Å²) in [7, 11) is -4.53. The fourth-order valence-electron chi connectivity index (χ4n) is 0.0561. The molecule has 0 spiro atoms. The molecule has 0 amide bonds. The van der Waals surface area contributed by atoms with Crippen molar-refractivity contribution in [3.63, 3.8) is 0 Å². The summed E-state index contributed by atoms with van der Waals surface area (Å²) >= 11 is 0. The first-order valence-electron chi connectivity index (χ1n) is 1.24. The van der Waals surface area contributed by atoms with Crippen molar-refractivity contribution in [2.45, 2.75) is 0 Å². The van der Waals surface area contributed by atoms with Crippen LogP contribution in [0.3, 0.4) is 0 Å². The summed E-state index contributed by atoms with van der Waals surface area (Å²) in [6, 6.07) is 0. The Morgan fingerprint density at radius 2 is 2.00 bits per heavy atom. The van der Waals surface area contributed by atoms with Crippen molar-refractivity contribution in [3.05, 3.63) is 0 Å². The zero-order valence-electron chi connectivity index (χ0n) is 5.14. The van der Waals surface area contributed by atoms with Gasteiger partial charge in [-0.15, -0.1) is 0 Å². The number of phosphoric acid groups is 1. The van der Waals surface area contributed by atoms with Crippen molar-refractivity contribution in [2.24, 2.45) is 0 Å². The van der Waals surface area contributed by atoms with E-state index in [1.54, 1.807) is 0 Å². The number of carbonyl (C=O) groups is 1. The number of hydrogen-bond acceptors (Lipinski definition) is 3. The number of carbonyl (C=O) groups excluding carboxylic acids is 1. The Labute approximate surface area is 69.1 Å². The fraction of sp³-hybridized carbons (Fsp3) is 0. The molecule has 7 heteroatoms. The molecule has 0 aliphatic carbocycles. The van der Waals surface area contributed by atoms with Gasteiger partial charge in [0.15, 0.2) is 0 Å². The smallest absolute Gasteiger partial charge is 1.00 e. The van der Waals surface area contributed by atoms with E-state index in [1.165, 1.54) is 0 Å². The maximum absolute atomic E-state index is 9.47. The first-order valence-corrected chi connectivity index (χ1v) is 2.77. The summed E-state index contributed by atoms with van der Waals surface area (Å²) in [5.74, 6) is 0. The van der Waals surface area contributed by atoms with Crippen LogP contribution in [0.2, 0.25) is 0 Å². The molecule has 44 valence electrons. The van der Waals surface area contributed by atoms with Gasteiger partial charge < -0.3 is 5.95 Å². The van der Waals surface area contributed by atoms with Gasteiger partial charge in [0, 0.05) is 0 Å². The molecule has 0 aromatic carbocycles. The fourth-order valence-corrected chi connectivity index (χ4v) is 0.168. The minimum atomic E-state index is -4.53. The Morgan fingerprint density at radius 3 is 2.00 bits per heavy atom. The zero-order chi connectivity index (χ0) is 5.91. The molecule has 5 nitrogen and oxygen atoms in total. The number of hydrogen-bond donors (Lipinski definition) is 2. The summed E-state index contributed by atoms with van der Waals surface area (Å²) in [6.45, 7) is -0.305. The van der Waals surface area contributed by atoms with Crippen molar-refractivity contribution < 1.29 is 54.7 Å². The molecule has 0 heterocycles. The molecule has 0 aliphatic rings. The molecule has 0 aromatic heterocycles. The average Bonchev–Trinajstić information content (AvgIpc) is 1.30. The molecule has 0 unspecified atom stereocenters. The Bertz CT molecular complexity index is 110. The van der Waals surface area contributed by atoms with E-state index >= 15 is 0 Å². The van der Waals surface area contributed by atoms with Crippen LogP contribution in [-0.4, -0.2) is 16.3 Å². The van der Waals surface area contributed by atoms with Crippen molar-refractivity contribution in [1.82, 2.24) is 0 Å². The molecule has 0 radical (unpaired) electrons. The van der Waals surface area contributed by atoms with E-state index in [-0.39, 0.29) is 37.5 Å². The van der Waals surface area contributed by atoms with Crippen molar-refractivity contribution in [1.29, 1.82) is 0 Å². The van der Waals surface area contributed by atoms with E-state index < -0.39 is 7.82 Å². The third-order valence-corrected chi connectivity index (χ3v) is 0.541. The topological polar surface area (TPSA) is 83.8 Å². The van der Waals surface area contributed by atoms with Crippen LogP contribution in [0.15, 0.2) is 0 Å². The SMILES string of the molecule is O=COP(=O)(O)O.[H-].[Na+]. The summed E-state index contributed by atoms with van der Waals surface area (Å²) in [6.07, 6.45) is 0. The molecular weight excluding hydrogens is 146 g/mol. The molecule has 0 saturated heterocycles. The quantitative estimate of drug-likeness (QED) is 0.241. The summed E-state index contributed by atoms with van der Waals surface area (Å²) in [5.41, 5.74) is 0. The van der Waals surface area contributed by atoms with Crippen LogP contribution < -0.4 is 29.6 Å². The minimum absolute atomic E-state index is 0. The normalized spacial score (nSPS) is 9.25. The first-order chi connectivity index (χ1) is 3.06. The van der Waals surface area contributed by atoms with Gasteiger partial charge in [-0.3, -0.25) is 14.6 Å². The largest absolute Gasteiger partial charge is 1.00 e. The molecule has 8 heavy (non-hydrogen) atoms. The predicted molar refractivity (Wildman–Crippen MR) is 20.3 cm³/mol. The van der Waals surface area contributed by atoms with Crippen LogP contribution in [0, 0.1) is 0 Å². The van der Waals surface area contributed by atoms with Gasteiger partial charge in [0.2, 0.25) is 0 Å². The van der Waals surface area contributed by atoms with Gasteiger partial charge in [-0.05, 0) is 0 Å². The van der Waals surface area contributed by atoms with Gasteiger partial charge in [-0.25, -0.2) is 4.57 Å². The average molecular weight is 150 g/mol. The maximum atomic E-state index is 9.47. The van der Waals surface area contributed by atoms with Crippen LogP contribution in [-0.2, 0) is 13.9 Å². The van der Waals surface area contributed by atoms with E-state index in [0.717, 1.165) is 0 Å². The Balaban J connectivity index is -0.000000180. The van der Waals surface area contributed by atoms with Gasteiger partial charge in [-0.2, -0.15) is 0 Å². The maximum Gasteiger partial charge on any atom is 1.00 e. The van der Waals surface area contributed by atoms with Crippen molar-refractivity contribution >= 4 is 14.3 Å². The Morgan fingerprint density at radius 1 is 1.62 bits per heavy atom. The van der Waals surface area contributed by atoms with Gasteiger partial charge >= 0.3 is 43.9 Å². The van der Waals surface area contributed by atoms with Crippen molar-refractivity contribution in [2.75, 3.05) is 0 Å². The van der Waals surface area contributed by atoms with Gasteiger partial charge in [0.05, 0.1) is 0 Å². The second kappa shape index (κ2) is 4.49. The third-order valence-electron chi connectivity index (χ3n) is 0.180. The zero-order valence-corrected chi connectivity index (χ0v) is 7.04. The molecule has 2 N–H and O–H groups in total. The molecule has 0 aromatic rings. The van der Waals surface area contributed by atoms with Gasteiger partial charge in [-0.1, -0.05) is 0 Å². The molecule has 0 saturated carbocycles. The first kappa shape index (κ1) is 11.4. The van der Waals surface area contributed by atoms with E-state index in [9.17, 15) is 4.57 Å². The molecule has 0 rings (SSSR count). The van der Waals surface area contributed by atoms with Crippen LogP contribution >= 0.6 is 7.82 Å². The monoisotopic (exact) mass is 150 g/mol. The second-order valence-corrected chi connectivity index (χ2v) is 1.88. The minimum Gasteiger partial charge on any atom is -1.00 e. The Kier molecular flexibility index (Phi) is 6.42. The van der Waals surface area contributed by atoms with Crippen molar-refractivity contribution in [3.8, 4) is 0 Å². The third kappa shape index (κ3) is 9.80. The number of rotatable bonds is 2. The van der Waals surface area contributed by atoms with Crippen LogP contribution in [0.25, 0.3) is 0 Å². The summed E-state index contributed by atoms with van der Waals surface area (Å²) in [4.78, 5) is 24.5. The molecular formula is CH4NaO5P.